The van der Waals surface area contributed by atoms with Crippen LogP contribution in [0.3, 0.4) is 0 Å². The number of aromatic nitrogens is 2. The molecule has 2 aromatic rings. The Labute approximate surface area is 189 Å². The van der Waals surface area contributed by atoms with Crippen molar-refractivity contribution in [3.63, 3.8) is 0 Å². The molecule has 0 aliphatic carbocycles. The number of nitrogens with zero attached hydrogens (tertiary/aromatic N) is 3. The molecule has 0 unspecified atom stereocenters. The number of rotatable bonds is 4. The Bertz CT molecular complexity index is 943. The highest BCUT2D eigenvalue weighted by Gasteiger charge is 2.46. The number of benzene rings is 1. The first-order valence-corrected chi connectivity index (χ1v) is 11.4. The van der Waals surface area contributed by atoms with E-state index >= 15 is 0 Å². The first-order chi connectivity index (χ1) is 14.9. The lowest BCUT2D eigenvalue weighted by Crippen LogP contribution is -2.55. The fourth-order valence-electron chi connectivity index (χ4n) is 5.04. The number of hydrogen-bond donors (Lipinski definition) is 1. The number of aryl methyl sites for hydroxylation is 1. The van der Waals surface area contributed by atoms with Gasteiger partial charge in [-0.1, -0.05) is 30.7 Å². The number of carbonyl (C=O) groups is 1. The van der Waals surface area contributed by atoms with Crippen molar-refractivity contribution in [2.24, 2.45) is 0 Å². The molecule has 1 aromatic heterocycles. The Morgan fingerprint density at radius 3 is 2.55 bits per heavy atom. The molecule has 2 aliphatic heterocycles. The van der Waals surface area contributed by atoms with Crippen LogP contribution in [0.1, 0.15) is 49.7 Å². The van der Waals surface area contributed by atoms with Gasteiger partial charge >= 0.3 is 0 Å². The molecule has 1 aromatic carbocycles. The smallest absolute Gasteiger partial charge is 0.233 e. The zero-order valence-electron chi connectivity index (χ0n) is 18.6. The van der Waals surface area contributed by atoms with Crippen molar-refractivity contribution in [2.45, 2.75) is 50.4 Å². The van der Waals surface area contributed by atoms with Crippen LogP contribution in [0.2, 0.25) is 5.02 Å². The van der Waals surface area contributed by atoms with E-state index in [0.717, 1.165) is 42.3 Å². The van der Waals surface area contributed by atoms with E-state index in [1.165, 1.54) is 0 Å². The summed E-state index contributed by atoms with van der Waals surface area (Å²) in [6.45, 7) is 6.74. The lowest BCUT2D eigenvalue weighted by atomic mass is 9.71. The van der Waals surface area contributed by atoms with Gasteiger partial charge in [-0.2, -0.15) is 0 Å². The molecule has 166 valence electrons. The van der Waals surface area contributed by atoms with Crippen molar-refractivity contribution in [1.82, 2.24) is 14.9 Å². The lowest BCUT2D eigenvalue weighted by Gasteiger charge is -2.45. The Kier molecular flexibility index (Phi) is 6.22. The monoisotopic (exact) mass is 442 g/mol. The van der Waals surface area contributed by atoms with Gasteiger partial charge in [0, 0.05) is 49.9 Å². The second-order valence-electron chi connectivity index (χ2n) is 9.03. The first kappa shape index (κ1) is 22.0. The average molecular weight is 443 g/mol. The molecule has 3 heterocycles. The standard InChI is InChI=1S/C24H31ClN4O2/c1-17-27-20(15-21(26-3)28-17)23(2)9-4-12-29(16-23)22(30)24(10-13-31-14-11-24)18-5-7-19(25)8-6-18/h5-8,15H,4,9-14,16H2,1-3H3,(H,26,27,28)/t23-/m1/s1. The van der Waals surface area contributed by atoms with E-state index in [2.05, 4.69) is 22.1 Å². The maximum atomic E-state index is 14.1. The topological polar surface area (TPSA) is 67.4 Å². The molecule has 1 N–H and O–H groups in total. The fraction of sp³-hybridized carbons (Fsp3) is 0.542. The van der Waals surface area contributed by atoms with Crippen molar-refractivity contribution in [1.29, 1.82) is 0 Å². The van der Waals surface area contributed by atoms with E-state index in [4.69, 9.17) is 21.3 Å². The highest BCUT2D eigenvalue weighted by molar-refractivity contribution is 6.30. The summed E-state index contributed by atoms with van der Waals surface area (Å²) in [5.41, 5.74) is 1.26. The van der Waals surface area contributed by atoms with Crippen molar-refractivity contribution >= 4 is 23.3 Å². The number of halogens is 1. The van der Waals surface area contributed by atoms with Gasteiger partial charge in [0.15, 0.2) is 0 Å². The van der Waals surface area contributed by atoms with E-state index in [-0.39, 0.29) is 11.3 Å². The molecule has 2 aliphatic rings. The van der Waals surface area contributed by atoms with Gasteiger partial charge in [0.05, 0.1) is 11.1 Å². The molecule has 0 bridgehead atoms. The molecular formula is C24H31ClN4O2. The lowest BCUT2D eigenvalue weighted by molar-refractivity contribution is -0.143. The molecule has 2 saturated heterocycles. The van der Waals surface area contributed by atoms with Crippen molar-refractivity contribution in [3.05, 3.63) is 52.4 Å². The van der Waals surface area contributed by atoms with Crippen LogP contribution in [0, 0.1) is 6.92 Å². The summed E-state index contributed by atoms with van der Waals surface area (Å²) < 4.78 is 5.64. The third kappa shape index (κ3) is 4.28. The fourth-order valence-corrected chi connectivity index (χ4v) is 5.17. The molecule has 0 radical (unpaired) electrons. The summed E-state index contributed by atoms with van der Waals surface area (Å²) in [6.07, 6.45) is 3.33. The van der Waals surface area contributed by atoms with Crippen LogP contribution >= 0.6 is 11.6 Å². The number of anilines is 1. The van der Waals surface area contributed by atoms with Gasteiger partial charge in [-0.3, -0.25) is 4.79 Å². The van der Waals surface area contributed by atoms with Gasteiger partial charge in [-0.25, -0.2) is 9.97 Å². The summed E-state index contributed by atoms with van der Waals surface area (Å²) in [5.74, 6) is 1.76. The molecule has 0 spiro atoms. The van der Waals surface area contributed by atoms with Crippen LogP contribution in [-0.2, 0) is 20.4 Å². The molecule has 4 rings (SSSR count). The Morgan fingerprint density at radius 1 is 1.16 bits per heavy atom. The number of nitrogens with one attached hydrogen (secondary N) is 1. The number of amides is 1. The largest absolute Gasteiger partial charge is 0.381 e. The van der Waals surface area contributed by atoms with Crippen LogP contribution < -0.4 is 5.32 Å². The Morgan fingerprint density at radius 2 is 1.87 bits per heavy atom. The number of piperidine rings is 1. The van der Waals surface area contributed by atoms with E-state index in [1.807, 2.05) is 44.3 Å². The molecular weight excluding hydrogens is 412 g/mol. The Hall–Kier alpha value is -2.18. The second kappa shape index (κ2) is 8.75. The van der Waals surface area contributed by atoms with Crippen LogP contribution in [0.25, 0.3) is 0 Å². The number of hydrogen-bond acceptors (Lipinski definition) is 5. The first-order valence-electron chi connectivity index (χ1n) is 11.0. The molecule has 6 nitrogen and oxygen atoms in total. The molecule has 1 atom stereocenters. The predicted octanol–water partition coefficient (Wildman–Crippen LogP) is 4.11. The molecule has 31 heavy (non-hydrogen) atoms. The van der Waals surface area contributed by atoms with E-state index in [1.54, 1.807) is 0 Å². The van der Waals surface area contributed by atoms with Crippen molar-refractivity contribution < 1.29 is 9.53 Å². The van der Waals surface area contributed by atoms with Gasteiger partial charge in [0.25, 0.3) is 0 Å². The molecule has 2 fully saturated rings. The highest BCUT2D eigenvalue weighted by Crippen LogP contribution is 2.40. The quantitative estimate of drug-likeness (QED) is 0.771. The van der Waals surface area contributed by atoms with Crippen molar-refractivity contribution in [2.75, 3.05) is 38.7 Å². The molecule has 1 amide bonds. The van der Waals surface area contributed by atoms with Crippen LogP contribution in [0.15, 0.2) is 30.3 Å². The summed E-state index contributed by atoms with van der Waals surface area (Å²) in [6, 6.07) is 9.78. The summed E-state index contributed by atoms with van der Waals surface area (Å²) in [4.78, 5) is 25.3. The van der Waals surface area contributed by atoms with Gasteiger partial charge < -0.3 is 15.0 Å². The Balaban J connectivity index is 1.65. The second-order valence-corrected chi connectivity index (χ2v) is 9.46. The minimum absolute atomic E-state index is 0.198. The zero-order chi connectivity index (χ0) is 22.1. The maximum absolute atomic E-state index is 14.1. The predicted molar refractivity (Wildman–Crippen MR) is 123 cm³/mol. The summed E-state index contributed by atoms with van der Waals surface area (Å²) in [5, 5.41) is 3.81. The normalized spacial score (nSPS) is 23.4. The van der Waals surface area contributed by atoms with E-state index < -0.39 is 5.41 Å². The molecule has 0 saturated carbocycles. The van der Waals surface area contributed by atoms with Crippen LogP contribution in [0.4, 0.5) is 5.82 Å². The third-order valence-electron chi connectivity index (χ3n) is 6.85. The van der Waals surface area contributed by atoms with Gasteiger partial charge in [-0.15, -0.1) is 0 Å². The van der Waals surface area contributed by atoms with E-state index in [0.29, 0.717) is 37.6 Å². The number of ether oxygens (including phenoxy) is 1. The van der Waals surface area contributed by atoms with Crippen LogP contribution in [0.5, 0.6) is 0 Å². The van der Waals surface area contributed by atoms with Crippen molar-refractivity contribution in [3.8, 4) is 0 Å². The number of likely N-dealkylation sites (tertiary alicyclic amines) is 1. The van der Waals surface area contributed by atoms with E-state index in [9.17, 15) is 4.79 Å². The molecule has 7 heteroatoms. The van der Waals surface area contributed by atoms with Gasteiger partial charge in [0.1, 0.15) is 11.6 Å². The minimum atomic E-state index is -0.557. The summed E-state index contributed by atoms with van der Waals surface area (Å²) in [7, 11) is 1.87. The highest BCUT2D eigenvalue weighted by atomic mass is 35.5. The van der Waals surface area contributed by atoms with Crippen LogP contribution in [-0.4, -0.2) is 54.1 Å². The SMILES string of the molecule is CNc1cc([C@]2(C)CCCN(C(=O)C3(c4ccc(Cl)cc4)CCOCC3)C2)nc(C)n1. The zero-order valence-corrected chi connectivity index (χ0v) is 19.3. The van der Waals surface area contributed by atoms with Gasteiger partial charge in [0.2, 0.25) is 5.91 Å². The average Bonchev–Trinajstić information content (AvgIpc) is 2.79. The summed E-state index contributed by atoms with van der Waals surface area (Å²) >= 11 is 6.13. The maximum Gasteiger partial charge on any atom is 0.233 e. The number of carbonyl (C=O) groups excluding carboxylic acids is 1. The van der Waals surface area contributed by atoms with Gasteiger partial charge in [-0.05, 0) is 50.3 Å². The minimum Gasteiger partial charge on any atom is -0.381 e. The third-order valence-corrected chi connectivity index (χ3v) is 7.10.